The Morgan fingerprint density at radius 2 is 1.85 bits per heavy atom. The number of carbonyl (C=O) groups is 3. The molecule has 2 N–H and O–H groups in total. The molecular weight excluding hydrogens is 424 g/mol. The number of rotatable bonds is 8. The molecule has 33 heavy (non-hydrogen) atoms. The fraction of sp³-hybridized carbons (Fsp3) is 0.609. The molecule has 3 amide bonds. The number of likely N-dealkylation sites (tertiary alicyclic amines) is 1. The van der Waals surface area contributed by atoms with Crippen LogP contribution in [0.3, 0.4) is 0 Å². The predicted molar refractivity (Wildman–Crippen MR) is 122 cm³/mol. The van der Waals surface area contributed by atoms with Crippen LogP contribution in [0, 0.1) is 0 Å². The first-order valence-corrected chi connectivity index (χ1v) is 11.3. The van der Waals surface area contributed by atoms with Gasteiger partial charge in [-0.2, -0.15) is 0 Å². The van der Waals surface area contributed by atoms with E-state index in [0.29, 0.717) is 19.4 Å². The van der Waals surface area contributed by atoms with Crippen molar-refractivity contribution >= 4 is 17.9 Å². The third-order valence-electron chi connectivity index (χ3n) is 5.53. The molecule has 178 valence electrons. The monoisotopic (exact) mass is 456 g/mol. The molecule has 1 saturated heterocycles. The van der Waals surface area contributed by atoms with Crippen LogP contribution >= 0.6 is 0 Å². The molecule has 1 aromatic rings. The molecule has 2 fully saturated rings. The Morgan fingerprint density at radius 3 is 2.45 bits per heavy atom. The predicted octanol–water partition coefficient (Wildman–Crippen LogP) is 3.20. The van der Waals surface area contributed by atoms with E-state index in [-0.39, 0.29) is 36.9 Å². The van der Waals surface area contributed by atoms with Gasteiger partial charge in [-0.3, -0.25) is 9.59 Å². The van der Waals surface area contributed by atoms with Gasteiger partial charge in [0.1, 0.15) is 11.6 Å². The van der Waals surface area contributed by atoms with Crippen molar-refractivity contribution in [2.75, 3.05) is 6.54 Å². The molecule has 0 aromatic heterocycles. The maximum absolute atomic E-state index is 12.9. The lowest BCUT2D eigenvalue weighted by Crippen LogP contribution is -2.46. The highest BCUT2D eigenvalue weighted by molar-refractivity contribution is 5.88. The van der Waals surface area contributed by atoms with Gasteiger partial charge in [0.15, 0.2) is 0 Å². The maximum atomic E-state index is 12.9. The second kappa shape index (κ2) is 10.6. The first-order valence-electron chi connectivity index (χ1n) is 11.3. The van der Waals surface area contributed by atoms with Gasteiger partial charge < -0.3 is 20.3 Å². The van der Waals surface area contributed by atoms with Crippen molar-refractivity contribution in [3.05, 3.63) is 45.8 Å². The molecule has 0 spiro atoms. The van der Waals surface area contributed by atoms with Gasteiger partial charge in [-0.25, -0.2) is 4.79 Å². The van der Waals surface area contributed by atoms with Gasteiger partial charge in [0.05, 0.1) is 6.04 Å². The van der Waals surface area contributed by atoms with E-state index >= 15 is 0 Å². The summed E-state index contributed by atoms with van der Waals surface area (Å²) in [6.07, 6.45) is 2.60. The van der Waals surface area contributed by atoms with Crippen molar-refractivity contribution in [1.29, 1.82) is 0 Å². The molecule has 1 saturated carbocycles. The van der Waals surface area contributed by atoms with E-state index in [9.17, 15) is 14.4 Å². The van der Waals surface area contributed by atoms with E-state index in [1.54, 1.807) is 4.90 Å². The van der Waals surface area contributed by atoms with Crippen molar-refractivity contribution in [3.63, 3.8) is 0 Å². The number of hydrogen-bond donors (Lipinski definition) is 2. The zero-order valence-corrected chi connectivity index (χ0v) is 19.4. The fourth-order valence-corrected chi connectivity index (χ4v) is 3.73. The summed E-state index contributed by atoms with van der Waals surface area (Å²) in [6, 6.07) is 6.87. The summed E-state index contributed by atoms with van der Waals surface area (Å²) in [5.41, 5.74) is 10.1. The van der Waals surface area contributed by atoms with E-state index in [2.05, 4.69) is 20.7 Å². The summed E-state index contributed by atoms with van der Waals surface area (Å²) >= 11 is 0. The zero-order chi connectivity index (χ0) is 24.0. The van der Waals surface area contributed by atoms with Crippen LogP contribution in [0.4, 0.5) is 4.79 Å². The van der Waals surface area contributed by atoms with Gasteiger partial charge in [-0.05, 0) is 63.1 Å². The van der Waals surface area contributed by atoms with E-state index in [1.165, 1.54) is 0 Å². The van der Waals surface area contributed by atoms with Crippen molar-refractivity contribution in [1.82, 2.24) is 15.5 Å². The lowest BCUT2D eigenvalue weighted by atomic mass is 10.1. The van der Waals surface area contributed by atoms with E-state index in [4.69, 9.17) is 10.3 Å². The van der Waals surface area contributed by atoms with Crippen molar-refractivity contribution in [2.45, 2.75) is 83.1 Å². The van der Waals surface area contributed by atoms with Gasteiger partial charge in [0.25, 0.3) is 0 Å². The summed E-state index contributed by atoms with van der Waals surface area (Å²) in [5.74, 6) is -0.291. The van der Waals surface area contributed by atoms with Crippen LogP contribution in [0.5, 0.6) is 0 Å². The average molecular weight is 457 g/mol. The van der Waals surface area contributed by atoms with Crippen LogP contribution in [0.15, 0.2) is 29.4 Å². The number of ether oxygens (including phenoxy) is 1. The summed E-state index contributed by atoms with van der Waals surface area (Å²) < 4.78 is 5.22. The molecule has 1 heterocycles. The average Bonchev–Trinajstić information content (AvgIpc) is 3.46. The number of amides is 3. The molecule has 1 unspecified atom stereocenters. The number of nitrogens with zero attached hydrogens (tertiary/aromatic N) is 4. The van der Waals surface area contributed by atoms with Crippen LogP contribution < -0.4 is 10.6 Å². The SMILES string of the molecule is CC(C)(C)OC(=O)NCc1ccc(CCC(=O)N2CC(N=[N+]=[N-])C[C@H]2C(=O)NC2CC2)cc1. The Balaban J connectivity index is 1.50. The first kappa shape index (κ1) is 24.4. The number of hydrogen-bond acceptors (Lipinski definition) is 5. The maximum Gasteiger partial charge on any atom is 0.407 e. The van der Waals surface area contributed by atoms with Gasteiger partial charge >= 0.3 is 6.09 Å². The van der Waals surface area contributed by atoms with Crippen LogP contribution in [0.25, 0.3) is 10.4 Å². The van der Waals surface area contributed by atoms with Crippen LogP contribution in [-0.4, -0.2) is 53.1 Å². The number of nitrogens with one attached hydrogen (secondary N) is 2. The summed E-state index contributed by atoms with van der Waals surface area (Å²) in [4.78, 5) is 41.6. The van der Waals surface area contributed by atoms with Gasteiger partial charge in [-0.15, -0.1) is 0 Å². The summed E-state index contributed by atoms with van der Waals surface area (Å²) in [6.45, 7) is 6.04. The Morgan fingerprint density at radius 1 is 1.18 bits per heavy atom. The largest absolute Gasteiger partial charge is 0.444 e. The van der Waals surface area contributed by atoms with Crippen molar-refractivity contribution in [3.8, 4) is 0 Å². The first-order chi connectivity index (χ1) is 15.6. The van der Waals surface area contributed by atoms with Gasteiger partial charge in [0, 0.05) is 30.5 Å². The van der Waals surface area contributed by atoms with E-state index < -0.39 is 17.7 Å². The quantitative estimate of drug-likeness (QED) is 0.352. The van der Waals surface area contributed by atoms with Crippen LogP contribution in [0.2, 0.25) is 0 Å². The molecule has 1 aliphatic carbocycles. The minimum absolute atomic E-state index is 0.128. The minimum atomic E-state index is -0.588. The second-order valence-corrected chi connectivity index (χ2v) is 9.61. The molecule has 0 bridgehead atoms. The molecule has 3 rings (SSSR count). The topological polar surface area (TPSA) is 136 Å². The number of azide groups is 1. The molecule has 1 aliphatic heterocycles. The van der Waals surface area contributed by atoms with Crippen molar-refractivity contribution in [2.24, 2.45) is 5.11 Å². The molecule has 10 nitrogen and oxygen atoms in total. The standard InChI is InChI=1S/C23H32N6O4/c1-23(2,3)33-22(32)25-13-16-6-4-15(5-7-16)8-11-20(30)29-14-18(27-28-24)12-19(29)21(31)26-17-9-10-17/h4-7,17-19H,8-14H2,1-3H3,(H,25,32)(H,26,31)/t18?,19-/m0/s1. The molecule has 10 heteroatoms. The molecule has 2 aliphatic rings. The molecule has 0 radical (unpaired) electrons. The third-order valence-corrected chi connectivity index (χ3v) is 5.53. The number of carbonyl (C=O) groups excluding carboxylic acids is 3. The summed E-state index contributed by atoms with van der Waals surface area (Å²) in [5, 5.41) is 9.39. The normalized spacial score (nSPS) is 20.0. The lowest BCUT2D eigenvalue weighted by Gasteiger charge is -2.24. The van der Waals surface area contributed by atoms with E-state index in [0.717, 1.165) is 24.0 Å². The molecule has 2 atom stereocenters. The Labute approximate surface area is 193 Å². The Kier molecular flexibility index (Phi) is 7.81. The highest BCUT2D eigenvalue weighted by atomic mass is 16.6. The highest BCUT2D eigenvalue weighted by Gasteiger charge is 2.40. The number of alkyl carbamates (subject to hydrolysis) is 1. The van der Waals surface area contributed by atoms with Crippen LogP contribution in [-0.2, 0) is 27.3 Å². The van der Waals surface area contributed by atoms with Gasteiger partial charge in [0.2, 0.25) is 11.8 Å². The Bertz CT molecular complexity index is 916. The zero-order valence-electron chi connectivity index (χ0n) is 19.4. The molecular formula is C23H32N6O4. The summed E-state index contributed by atoms with van der Waals surface area (Å²) in [7, 11) is 0. The number of benzene rings is 1. The third kappa shape index (κ3) is 7.68. The second-order valence-electron chi connectivity index (χ2n) is 9.61. The van der Waals surface area contributed by atoms with Gasteiger partial charge in [-0.1, -0.05) is 29.4 Å². The lowest BCUT2D eigenvalue weighted by molar-refractivity contribution is -0.138. The Hall–Kier alpha value is -3.26. The number of aryl methyl sites for hydroxylation is 1. The van der Waals surface area contributed by atoms with E-state index in [1.807, 2.05) is 45.0 Å². The minimum Gasteiger partial charge on any atom is -0.444 e. The van der Waals surface area contributed by atoms with Crippen molar-refractivity contribution < 1.29 is 19.1 Å². The molecule has 1 aromatic carbocycles. The van der Waals surface area contributed by atoms with Crippen LogP contribution in [0.1, 0.15) is 57.6 Å². The highest BCUT2D eigenvalue weighted by Crippen LogP contribution is 2.25. The fourth-order valence-electron chi connectivity index (χ4n) is 3.73. The smallest absolute Gasteiger partial charge is 0.407 e.